The molecule has 4 bridgehead atoms. The van der Waals surface area contributed by atoms with E-state index in [0.717, 1.165) is 50.3 Å². The predicted molar refractivity (Wildman–Crippen MR) is 108 cm³/mol. The molecule has 4 saturated carbocycles. The van der Waals surface area contributed by atoms with Crippen molar-refractivity contribution in [3.05, 3.63) is 23.8 Å². The van der Waals surface area contributed by atoms with E-state index >= 15 is 0 Å². The van der Waals surface area contributed by atoms with E-state index in [0.29, 0.717) is 11.8 Å². The molecule has 1 aromatic carbocycles. The van der Waals surface area contributed by atoms with E-state index in [2.05, 4.69) is 25.4 Å². The van der Waals surface area contributed by atoms with Gasteiger partial charge < -0.3 is 14.2 Å². The Morgan fingerprint density at radius 1 is 1.03 bits per heavy atom. The van der Waals surface area contributed by atoms with Crippen molar-refractivity contribution in [1.29, 1.82) is 0 Å². The average Bonchev–Trinajstić information content (AvgIpc) is 2.63. The molecule has 5 rings (SSSR count). The van der Waals surface area contributed by atoms with E-state index in [9.17, 15) is 27.2 Å². The van der Waals surface area contributed by atoms with Gasteiger partial charge in [-0.3, -0.25) is 9.59 Å². The van der Waals surface area contributed by atoms with Crippen molar-refractivity contribution < 1.29 is 41.4 Å². The Kier molecular flexibility index (Phi) is 6.44. The smallest absolute Gasteiger partial charge is 0.387 e. The van der Waals surface area contributed by atoms with Crippen LogP contribution in [-0.4, -0.2) is 35.9 Å². The molecular weight excluding hydrogens is 500 g/mol. The summed E-state index contributed by atoms with van der Waals surface area (Å²) in [5, 5.41) is 0. The summed E-state index contributed by atoms with van der Waals surface area (Å²) >= 11 is 3.88. The van der Waals surface area contributed by atoms with Crippen LogP contribution in [0.5, 0.6) is 11.5 Å². The summed E-state index contributed by atoms with van der Waals surface area (Å²) in [4.78, 5) is 25.1. The number of rotatable bonds is 9. The first-order valence-corrected chi connectivity index (χ1v) is 11.3. The van der Waals surface area contributed by atoms with Crippen LogP contribution in [0.4, 0.5) is 17.6 Å². The third kappa shape index (κ3) is 5.21. The second kappa shape index (κ2) is 8.83. The molecule has 4 aliphatic rings. The van der Waals surface area contributed by atoms with Crippen molar-refractivity contribution in [3.8, 4) is 11.5 Å². The molecule has 0 heterocycles. The maximum absolute atomic E-state index is 12.7. The first kappa shape index (κ1) is 23.3. The number of alkyl halides is 5. The highest BCUT2D eigenvalue weighted by Crippen LogP contribution is 2.65. The molecule has 10 heteroatoms. The fourth-order valence-electron chi connectivity index (χ4n) is 6.23. The maximum Gasteiger partial charge on any atom is 0.387 e. The lowest BCUT2D eigenvalue weighted by molar-refractivity contribution is -0.149. The minimum Gasteiger partial charge on any atom is -0.457 e. The first-order valence-electron chi connectivity index (χ1n) is 10.5. The van der Waals surface area contributed by atoms with Crippen molar-refractivity contribution >= 4 is 27.7 Å². The van der Waals surface area contributed by atoms with Gasteiger partial charge in [0.25, 0.3) is 0 Å². The zero-order valence-electron chi connectivity index (χ0n) is 17.1. The number of carbonyl (C=O) groups excluding carboxylic acids is 2. The van der Waals surface area contributed by atoms with Gasteiger partial charge in [0.05, 0.1) is 12.0 Å². The van der Waals surface area contributed by atoms with Crippen LogP contribution >= 0.6 is 15.9 Å². The molecule has 4 aliphatic carbocycles. The number of hydrogen-bond acceptors (Lipinski definition) is 5. The third-order valence-corrected chi connectivity index (χ3v) is 7.62. The Morgan fingerprint density at radius 2 is 1.69 bits per heavy atom. The van der Waals surface area contributed by atoms with Gasteiger partial charge in [-0.1, -0.05) is 15.9 Å². The number of ketones is 1. The molecule has 176 valence electrons. The molecule has 0 aliphatic heterocycles. The molecule has 2 atom stereocenters. The highest BCUT2D eigenvalue weighted by molar-refractivity contribution is 9.10. The lowest BCUT2D eigenvalue weighted by Gasteiger charge is -2.60. The van der Waals surface area contributed by atoms with Gasteiger partial charge in [0.2, 0.25) is 5.78 Å². The third-order valence-electron chi connectivity index (χ3n) is 6.69. The second-order valence-electron chi connectivity index (χ2n) is 9.29. The van der Waals surface area contributed by atoms with Crippen LogP contribution in [0.1, 0.15) is 55.3 Å². The second-order valence-corrected chi connectivity index (χ2v) is 11.0. The van der Waals surface area contributed by atoms with Gasteiger partial charge in [0, 0.05) is 10.4 Å². The fraction of sp³-hybridized carbons (Fsp3) is 0.636. The Labute approximate surface area is 190 Å². The van der Waals surface area contributed by atoms with E-state index in [1.54, 1.807) is 0 Å². The maximum atomic E-state index is 12.7. The van der Waals surface area contributed by atoms with Crippen molar-refractivity contribution in [2.24, 2.45) is 17.3 Å². The Balaban J connectivity index is 1.38. The number of Topliss-reactive ketones (excluding diaryl/α,β-unsaturated/α-hetero) is 1. The van der Waals surface area contributed by atoms with E-state index in [1.165, 1.54) is 6.42 Å². The molecule has 1 aromatic rings. The molecule has 0 radical (unpaired) electrons. The Hall–Kier alpha value is -1.84. The lowest BCUT2D eigenvalue weighted by Crippen LogP contribution is -2.53. The molecule has 0 saturated heterocycles. The summed E-state index contributed by atoms with van der Waals surface area (Å²) < 4.78 is 63.9. The predicted octanol–water partition coefficient (Wildman–Crippen LogP) is 5.74. The Morgan fingerprint density at radius 3 is 2.28 bits per heavy atom. The van der Waals surface area contributed by atoms with Gasteiger partial charge in [-0.2, -0.15) is 17.6 Å². The van der Waals surface area contributed by atoms with Crippen LogP contribution in [0.3, 0.4) is 0 Å². The van der Waals surface area contributed by atoms with Gasteiger partial charge in [-0.15, -0.1) is 0 Å². The van der Waals surface area contributed by atoms with Crippen LogP contribution in [0.25, 0.3) is 0 Å². The van der Waals surface area contributed by atoms with Crippen molar-refractivity contribution in [2.45, 2.75) is 62.5 Å². The van der Waals surface area contributed by atoms with Crippen molar-refractivity contribution in [2.75, 3.05) is 6.61 Å². The summed E-state index contributed by atoms with van der Waals surface area (Å²) in [6.07, 6.45) is 6.49. The number of esters is 1. The van der Waals surface area contributed by atoms with Crippen LogP contribution < -0.4 is 9.47 Å². The molecule has 0 spiro atoms. The minimum atomic E-state index is -3.28. The standard InChI is InChI=1S/C22H23BrF4O5/c23-22-7-12-3-13(8-22)6-21(5-12,11-22)9-18(29)30-10-16(28)15-2-1-14(31-19(24)25)4-17(15)32-20(26)27/h1-2,4,12-13,19-20H,3,5-11H2/t12-,13-,21?,22?/m1/s1. The average molecular weight is 523 g/mol. The van der Waals surface area contributed by atoms with Crippen LogP contribution in [0.15, 0.2) is 18.2 Å². The molecule has 0 amide bonds. The molecule has 0 N–H and O–H groups in total. The van der Waals surface area contributed by atoms with Crippen molar-refractivity contribution in [1.82, 2.24) is 0 Å². The largest absolute Gasteiger partial charge is 0.457 e. The van der Waals surface area contributed by atoms with Crippen LogP contribution in [-0.2, 0) is 9.53 Å². The topological polar surface area (TPSA) is 61.8 Å². The number of hydrogen-bond donors (Lipinski definition) is 0. The van der Waals surface area contributed by atoms with Gasteiger partial charge in [0.15, 0.2) is 6.61 Å². The summed E-state index contributed by atoms with van der Waals surface area (Å²) in [6.45, 7) is -7.10. The summed E-state index contributed by atoms with van der Waals surface area (Å²) in [5.41, 5.74) is -0.444. The van der Waals surface area contributed by atoms with E-state index < -0.39 is 43.1 Å². The van der Waals surface area contributed by atoms with Crippen LogP contribution in [0, 0.1) is 17.3 Å². The Bertz CT molecular complexity index is 879. The normalized spacial score (nSPS) is 30.6. The number of carbonyl (C=O) groups is 2. The SMILES string of the molecule is O=C(CC12C[C@H]3C[C@@H](CC(Br)(C3)C1)C2)OCC(=O)c1ccc(OC(F)F)cc1OC(F)F. The van der Waals surface area contributed by atoms with E-state index in [-0.39, 0.29) is 21.7 Å². The van der Waals surface area contributed by atoms with Crippen LogP contribution in [0.2, 0.25) is 0 Å². The summed E-state index contributed by atoms with van der Waals surface area (Å²) in [7, 11) is 0. The fourth-order valence-corrected chi connectivity index (χ4v) is 7.74. The molecule has 32 heavy (non-hydrogen) atoms. The number of halogens is 5. The van der Waals surface area contributed by atoms with Crippen molar-refractivity contribution in [3.63, 3.8) is 0 Å². The summed E-state index contributed by atoms with van der Waals surface area (Å²) in [5.74, 6) is -1.16. The number of ether oxygens (including phenoxy) is 3. The lowest BCUT2D eigenvalue weighted by atomic mass is 9.49. The molecule has 5 nitrogen and oxygen atoms in total. The first-order chi connectivity index (χ1) is 15.0. The van der Waals surface area contributed by atoms with Gasteiger partial charge in [-0.05, 0) is 67.9 Å². The van der Waals surface area contributed by atoms with Gasteiger partial charge >= 0.3 is 19.2 Å². The highest BCUT2D eigenvalue weighted by Gasteiger charge is 2.57. The zero-order valence-corrected chi connectivity index (χ0v) is 18.7. The van der Waals surface area contributed by atoms with E-state index in [4.69, 9.17) is 4.74 Å². The van der Waals surface area contributed by atoms with Gasteiger partial charge in [0.1, 0.15) is 11.5 Å². The quantitative estimate of drug-likeness (QED) is 0.179. The molecular formula is C22H23BrF4O5. The van der Waals surface area contributed by atoms with Gasteiger partial charge in [-0.25, -0.2) is 0 Å². The molecule has 4 fully saturated rings. The molecule has 0 aromatic heterocycles. The molecule has 0 unspecified atom stereocenters. The van der Waals surface area contributed by atoms with E-state index in [1.807, 2.05) is 0 Å². The monoisotopic (exact) mass is 522 g/mol. The minimum absolute atomic E-state index is 0.0801. The summed E-state index contributed by atoms with van der Waals surface area (Å²) in [6, 6.07) is 2.84. The highest BCUT2D eigenvalue weighted by atomic mass is 79.9. The zero-order chi connectivity index (χ0) is 23.1. The number of benzene rings is 1.